The van der Waals surface area contributed by atoms with Gasteiger partial charge < -0.3 is 24.3 Å². The number of furan rings is 1. The number of nitrogens with zero attached hydrogens (tertiary/aromatic N) is 1. The minimum atomic E-state index is -0.915. The summed E-state index contributed by atoms with van der Waals surface area (Å²) in [4.78, 5) is 27.7. The summed E-state index contributed by atoms with van der Waals surface area (Å²) in [6.45, 7) is 0.619. The SMILES string of the molecule is COCCCN1C(=O)C(O)=C(C(=O)c2cc3cc(Cl)ccc3o2)C1c1ccc(O)c(Cl)c1. The highest BCUT2D eigenvalue weighted by Crippen LogP contribution is 2.41. The largest absolute Gasteiger partial charge is 0.506 e. The molecule has 1 atom stereocenters. The summed E-state index contributed by atoms with van der Waals surface area (Å²) < 4.78 is 10.7. The van der Waals surface area contributed by atoms with Gasteiger partial charge in [-0.15, -0.1) is 0 Å². The molecule has 0 fully saturated rings. The number of methoxy groups -OCH3 is 1. The number of halogens is 2. The van der Waals surface area contributed by atoms with Gasteiger partial charge in [0.05, 0.1) is 16.6 Å². The van der Waals surface area contributed by atoms with E-state index in [4.69, 9.17) is 32.4 Å². The van der Waals surface area contributed by atoms with Crippen LogP contribution in [0.4, 0.5) is 0 Å². The zero-order valence-corrected chi connectivity index (χ0v) is 18.5. The minimum absolute atomic E-state index is 0.0368. The first-order valence-electron chi connectivity index (χ1n) is 9.77. The number of rotatable bonds is 7. The second-order valence-corrected chi connectivity index (χ2v) is 8.19. The lowest BCUT2D eigenvalue weighted by atomic mass is 9.95. The maximum atomic E-state index is 13.4. The van der Waals surface area contributed by atoms with Crippen LogP contribution < -0.4 is 0 Å². The van der Waals surface area contributed by atoms with Gasteiger partial charge in [-0.1, -0.05) is 29.3 Å². The summed E-state index contributed by atoms with van der Waals surface area (Å²) >= 11 is 12.1. The quantitative estimate of drug-likeness (QED) is 0.365. The summed E-state index contributed by atoms with van der Waals surface area (Å²) in [5.41, 5.74) is 0.785. The molecule has 1 aromatic heterocycles. The fourth-order valence-corrected chi connectivity index (χ4v) is 4.16. The van der Waals surface area contributed by atoms with E-state index in [1.54, 1.807) is 31.4 Å². The lowest BCUT2D eigenvalue weighted by Gasteiger charge is -2.26. The molecule has 2 aromatic carbocycles. The van der Waals surface area contributed by atoms with Crippen molar-refractivity contribution < 1.29 is 29.0 Å². The number of aromatic hydroxyl groups is 1. The predicted molar refractivity (Wildman–Crippen MR) is 119 cm³/mol. The van der Waals surface area contributed by atoms with Crippen LogP contribution in [0.25, 0.3) is 11.0 Å². The molecule has 32 heavy (non-hydrogen) atoms. The monoisotopic (exact) mass is 475 g/mol. The van der Waals surface area contributed by atoms with Gasteiger partial charge in [-0.2, -0.15) is 0 Å². The summed E-state index contributed by atoms with van der Waals surface area (Å²) in [5.74, 6) is -2.14. The third-order valence-electron chi connectivity index (χ3n) is 5.29. The van der Waals surface area contributed by atoms with Crippen LogP contribution in [0.5, 0.6) is 5.75 Å². The number of carbonyl (C=O) groups excluding carboxylic acids is 2. The van der Waals surface area contributed by atoms with Crippen molar-refractivity contribution in [2.24, 2.45) is 0 Å². The van der Waals surface area contributed by atoms with Gasteiger partial charge in [-0.3, -0.25) is 9.59 Å². The van der Waals surface area contributed by atoms with Crippen molar-refractivity contribution in [1.29, 1.82) is 0 Å². The van der Waals surface area contributed by atoms with E-state index in [-0.39, 0.29) is 28.7 Å². The van der Waals surface area contributed by atoms with E-state index in [0.29, 0.717) is 34.6 Å². The number of carbonyl (C=O) groups is 2. The molecule has 1 unspecified atom stereocenters. The third-order valence-corrected chi connectivity index (χ3v) is 5.82. The highest BCUT2D eigenvalue weighted by atomic mass is 35.5. The van der Waals surface area contributed by atoms with Crippen LogP contribution >= 0.6 is 23.2 Å². The lowest BCUT2D eigenvalue weighted by molar-refractivity contribution is -0.129. The van der Waals surface area contributed by atoms with Crippen LogP contribution in [0.1, 0.15) is 28.6 Å². The molecule has 0 bridgehead atoms. The van der Waals surface area contributed by atoms with Crippen molar-refractivity contribution in [3.8, 4) is 5.75 Å². The molecule has 1 aliphatic heterocycles. The van der Waals surface area contributed by atoms with Crippen molar-refractivity contribution in [3.63, 3.8) is 0 Å². The molecule has 166 valence electrons. The normalized spacial score (nSPS) is 16.4. The Morgan fingerprint density at radius 3 is 2.66 bits per heavy atom. The molecule has 1 aliphatic rings. The fraction of sp³-hybridized carbons (Fsp3) is 0.217. The maximum absolute atomic E-state index is 13.4. The zero-order valence-electron chi connectivity index (χ0n) is 17.0. The topological polar surface area (TPSA) is 100 Å². The van der Waals surface area contributed by atoms with Gasteiger partial charge in [-0.05, 0) is 48.4 Å². The number of hydrogen-bond donors (Lipinski definition) is 2. The van der Waals surface area contributed by atoms with Gasteiger partial charge >= 0.3 is 0 Å². The van der Waals surface area contributed by atoms with Gasteiger partial charge in [0.25, 0.3) is 5.91 Å². The van der Waals surface area contributed by atoms with Gasteiger partial charge in [0.1, 0.15) is 11.3 Å². The zero-order chi connectivity index (χ0) is 23.0. The summed E-state index contributed by atoms with van der Waals surface area (Å²) in [6.07, 6.45) is 0.489. The average Bonchev–Trinajstić information content (AvgIpc) is 3.29. The smallest absolute Gasteiger partial charge is 0.290 e. The number of hydrogen-bond acceptors (Lipinski definition) is 6. The first-order chi connectivity index (χ1) is 15.3. The third kappa shape index (κ3) is 3.95. The number of aliphatic hydroxyl groups excluding tert-OH is 1. The molecule has 2 heterocycles. The van der Waals surface area contributed by atoms with Crippen molar-refractivity contribution in [1.82, 2.24) is 4.90 Å². The number of aliphatic hydroxyl groups is 1. The summed E-state index contributed by atoms with van der Waals surface area (Å²) in [6, 6.07) is 9.91. The van der Waals surface area contributed by atoms with E-state index in [2.05, 4.69) is 0 Å². The number of phenolic OH excluding ortho intramolecular Hbond substituents is 1. The standard InChI is InChI=1S/C23H19Cl2NO6/c1-31-8-2-7-26-20(12-3-5-16(27)15(25)10-12)19(22(29)23(26)30)21(28)18-11-13-9-14(24)4-6-17(13)32-18/h3-6,9-11,20,27,29H,2,7-8H2,1H3. The Morgan fingerprint density at radius 1 is 1.16 bits per heavy atom. The van der Waals surface area contributed by atoms with Gasteiger partial charge in [-0.25, -0.2) is 0 Å². The second kappa shape index (κ2) is 8.86. The van der Waals surface area contributed by atoms with Crippen LogP contribution in [-0.4, -0.2) is 47.1 Å². The van der Waals surface area contributed by atoms with Gasteiger partial charge in [0.15, 0.2) is 11.5 Å². The Kier molecular flexibility index (Phi) is 6.15. The Labute approximate surface area is 193 Å². The van der Waals surface area contributed by atoms with Gasteiger partial charge in [0.2, 0.25) is 5.78 Å². The Balaban J connectivity index is 1.79. The highest BCUT2D eigenvalue weighted by Gasteiger charge is 2.44. The van der Waals surface area contributed by atoms with E-state index in [9.17, 15) is 19.8 Å². The number of fused-ring (bicyclic) bond motifs is 1. The molecule has 0 aliphatic carbocycles. The second-order valence-electron chi connectivity index (χ2n) is 7.34. The average molecular weight is 476 g/mol. The molecule has 7 nitrogen and oxygen atoms in total. The van der Waals surface area contributed by atoms with E-state index in [1.807, 2.05) is 0 Å². The molecule has 0 saturated carbocycles. The van der Waals surface area contributed by atoms with E-state index >= 15 is 0 Å². The van der Waals surface area contributed by atoms with E-state index in [1.165, 1.54) is 23.1 Å². The molecular weight excluding hydrogens is 457 g/mol. The van der Waals surface area contributed by atoms with Crippen LogP contribution in [0.3, 0.4) is 0 Å². The first-order valence-corrected chi connectivity index (χ1v) is 10.5. The Bertz CT molecular complexity index is 1250. The number of ether oxygens (including phenoxy) is 1. The van der Waals surface area contributed by atoms with Crippen LogP contribution in [-0.2, 0) is 9.53 Å². The fourth-order valence-electron chi connectivity index (χ4n) is 3.79. The number of Topliss-reactive ketones (excluding diaryl/α,β-unsaturated/α-hetero) is 1. The summed E-state index contributed by atoms with van der Waals surface area (Å²) in [5, 5.41) is 21.6. The predicted octanol–water partition coefficient (Wildman–Crippen LogP) is 5.06. The molecule has 0 saturated heterocycles. The number of ketones is 1. The number of phenols is 1. The molecule has 0 spiro atoms. The summed E-state index contributed by atoms with van der Waals surface area (Å²) in [7, 11) is 1.54. The van der Waals surface area contributed by atoms with Crippen molar-refractivity contribution in [2.45, 2.75) is 12.5 Å². The minimum Gasteiger partial charge on any atom is -0.506 e. The number of benzene rings is 2. The maximum Gasteiger partial charge on any atom is 0.290 e. The Morgan fingerprint density at radius 2 is 1.94 bits per heavy atom. The van der Waals surface area contributed by atoms with Crippen molar-refractivity contribution >= 4 is 45.9 Å². The molecule has 2 N–H and O–H groups in total. The van der Waals surface area contributed by atoms with Crippen molar-refractivity contribution in [2.75, 3.05) is 20.3 Å². The van der Waals surface area contributed by atoms with Crippen LogP contribution in [0.15, 0.2) is 58.2 Å². The molecule has 9 heteroatoms. The van der Waals surface area contributed by atoms with E-state index in [0.717, 1.165) is 0 Å². The molecule has 3 aromatic rings. The van der Waals surface area contributed by atoms with Crippen molar-refractivity contribution in [3.05, 3.63) is 75.2 Å². The molecular formula is C23H19Cl2NO6. The van der Waals surface area contributed by atoms with Crippen LogP contribution in [0, 0.1) is 0 Å². The first kappa shape index (κ1) is 22.2. The molecule has 0 radical (unpaired) electrons. The lowest BCUT2D eigenvalue weighted by Crippen LogP contribution is -2.32. The highest BCUT2D eigenvalue weighted by molar-refractivity contribution is 6.32. The molecule has 4 rings (SSSR count). The number of amides is 1. The Hall–Kier alpha value is -3.00. The van der Waals surface area contributed by atoms with Gasteiger partial charge in [0, 0.05) is 30.7 Å². The van der Waals surface area contributed by atoms with Crippen LogP contribution in [0.2, 0.25) is 10.0 Å². The molecule has 1 amide bonds. The van der Waals surface area contributed by atoms with E-state index < -0.39 is 23.5 Å².